The molecule has 0 fully saturated rings. The van der Waals surface area contributed by atoms with Gasteiger partial charge in [-0.2, -0.15) is 0 Å². The zero-order valence-corrected chi connectivity index (χ0v) is 19.9. The van der Waals surface area contributed by atoms with Gasteiger partial charge in [-0.15, -0.1) is 11.3 Å². The Bertz CT molecular complexity index is 1040. The number of hydrogen-bond donors (Lipinski definition) is 2. The van der Waals surface area contributed by atoms with Crippen LogP contribution in [0.3, 0.4) is 0 Å². The predicted molar refractivity (Wildman–Crippen MR) is 126 cm³/mol. The van der Waals surface area contributed by atoms with Gasteiger partial charge in [-0.1, -0.05) is 6.92 Å². The quantitative estimate of drug-likeness (QED) is 0.376. The first kappa shape index (κ1) is 22.8. The van der Waals surface area contributed by atoms with E-state index in [9.17, 15) is 4.57 Å². The lowest BCUT2D eigenvalue weighted by atomic mass is 10.2. The van der Waals surface area contributed by atoms with Crippen LogP contribution in [0.15, 0.2) is 36.4 Å². The molecule has 2 atom stereocenters. The van der Waals surface area contributed by atoms with Gasteiger partial charge >= 0.3 is 0 Å². The molecule has 0 saturated heterocycles. The number of benzene rings is 1. The van der Waals surface area contributed by atoms with E-state index in [-0.39, 0.29) is 5.66 Å². The van der Waals surface area contributed by atoms with Crippen LogP contribution in [0.1, 0.15) is 35.8 Å². The van der Waals surface area contributed by atoms with Gasteiger partial charge in [-0.25, -0.2) is 5.09 Å². The number of aryl methyl sites for hydroxylation is 2. The highest BCUT2D eigenvalue weighted by atomic mass is 32.1. The Morgan fingerprint density at radius 1 is 1.17 bits per heavy atom. The summed E-state index contributed by atoms with van der Waals surface area (Å²) in [6.07, 6.45) is 0. The molecule has 0 aliphatic heterocycles. The molecule has 3 aromatic rings. The Balaban J connectivity index is 1.99. The predicted octanol–water partition coefficient (Wildman–Crippen LogP) is 5.91. The molecule has 0 bridgehead atoms. The van der Waals surface area contributed by atoms with Crippen LogP contribution in [-0.2, 0) is 9.09 Å². The number of aromatic nitrogens is 1. The summed E-state index contributed by atoms with van der Waals surface area (Å²) in [6, 6.07) is 12.1. The van der Waals surface area contributed by atoms with E-state index in [4.69, 9.17) is 9.26 Å². The summed E-state index contributed by atoms with van der Waals surface area (Å²) in [5.41, 5.74) is 2.50. The molecule has 2 aromatic heterocycles. The molecule has 0 saturated carbocycles. The zero-order chi connectivity index (χ0) is 21.7. The smallest absolute Gasteiger partial charge is 0.279 e. The Kier molecular flexibility index (Phi) is 7.53. The summed E-state index contributed by atoms with van der Waals surface area (Å²) in [4.78, 5) is 5.54. The van der Waals surface area contributed by atoms with E-state index >= 15 is 0 Å². The van der Waals surface area contributed by atoms with Gasteiger partial charge in [-0.05, 0) is 62.6 Å². The van der Waals surface area contributed by atoms with E-state index in [1.165, 1.54) is 0 Å². The minimum atomic E-state index is -3.14. The van der Waals surface area contributed by atoms with Crippen LogP contribution in [-0.4, -0.2) is 31.8 Å². The highest BCUT2D eigenvalue weighted by Gasteiger charge is 2.36. The molecule has 162 valence electrons. The monoisotopic (exact) mass is 447 g/mol. The third kappa shape index (κ3) is 5.03. The Hall–Kier alpha value is -1.92. The second-order valence-corrected chi connectivity index (χ2v) is 10.6. The molecule has 8 heteroatoms. The van der Waals surface area contributed by atoms with Gasteiger partial charge in [0.1, 0.15) is 11.4 Å². The van der Waals surface area contributed by atoms with Crippen molar-refractivity contribution in [3.05, 3.63) is 52.7 Å². The summed E-state index contributed by atoms with van der Waals surface area (Å²) < 4.78 is 26.2. The molecule has 6 nitrogen and oxygen atoms in total. The van der Waals surface area contributed by atoms with Crippen LogP contribution in [0, 0.1) is 13.8 Å². The number of methoxy groups -OCH3 is 1. The number of nitrogens with zero attached hydrogens (tertiary/aromatic N) is 1. The maximum atomic E-state index is 13.9. The fourth-order valence-electron chi connectivity index (χ4n) is 3.45. The van der Waals surface area contributed by atoms with Gasteiger partial charge in [0.15, 0.2) is 0 Å². The van der Waals surface area contributed by atoms with E-state index in [0.29, 0.717) is 19.7 Å². The number of ether oxygens (including phenoxy) is 1. The number of rotatable bonds is 10. The summed E-state index contributed by atoms with van der Waals surface area (Å²) in [7, 11) is -1.48. The summed E-state index contributed by atoms with van der Waals surface area (Å²) in [5, 5.41) is 7.71. The molecule has 2 unspecified atom stereocenters. The van der Waals surface area contributed by atoms with Gasteiger partial charge in [0, 0.05) is 28.4 Å². The third-order valence-corrected chi connectivity index (χ3v) is 8.96. The first-order valence-corrected chi connectivity index (χ1v) is 12.7. The summed E-state index contributed by atoms with van der Waals surface area (Å²) in [6.45, 7) is 9.18. The molecule has 2 heterocycles. The first-order chi connectivity index (χ1) is 14.4. The van der Waals surface area contributed by atoms with Crippen LogP contribution >= 0.6 is 18.9 Å². The van der Waals surface area contributed by atoms with Gasteiger partial charge in [0.25, 0.3) is 7.52 Å². The van der Waals surface area contributed by atoms with Crippen LogP contribution < -0.4 is 15.1 Å². The van der Waals surface area contributed by atoms with Crippen molar-refractivity contribution in [2.45, 2.75) is 33.4 Å². The first-order valence-electron chi connectivity index (χ1n) is 10.1. The maximum absolute atomic E-state index is 13.9. The van der Waals surface area contributed by atoms with Gasteiger partial charge in [0.05, 0.1) is 25.1 Å². The average molecular weight is 448 g/mol. The molecule has 2 N–H and O–H groups in total. The molecular weight excluding hydrogens is 417 g/mol. The molecule has 0 aliphatic rings. The lowest BCUT2D eigenvalue weighted by molar-refractivity contribution is 0.318. The number of nitrogens with one attached hydrogen (secondary N) is 2. The van der Waals surface area contributed by atoms with E-state index in [0.717, 1.165) is 37.8 Å². The molecular formula is C22H30N3O3PS. The SMILES string of the molecule is CCNP(=O)(OCC)C(CNc1ccc(C)nc1C)c1cc2ccc(OC)cc2s1. The van der Waals surface area contributed by atoms with Crippen LogP contribution in [0.5, 0.6) is 5.75 Å². The Labute approximate surface area is 182 Å². The maximum Gasteiger partial charge on any atom is 0.279 e. The topological polar surface area (TPSA) is 72.5 Å². The van der Waals surface area contributed by atoms with Crippen molar-refractivity contribution >= 4 is 34.6 Å². The number of thiophene rings is 1. The fourth-order valence-corrected chi connectivity index (χ4v) is 7.16. The average Bonchev–Trinajstić information content (AvgIpc) is 3.12. The fraction of sp³-hybridized carbons (Fsp3) is 0.409. The van der Waals surface area contributed by atoms with Crippen LogP contribution in [0.4, 0.5) is 5.69 Å². The highest BCUT2D eigenvalue weighted by molar-refractivity contribution is 7.57. The summed E-state index contributed by atoms with van der Waals surface area (Å²) in [5.74, 6) is 0.812. The number of fused-ring (bicyclic) bond motifs is 1. The van der Waals surface area contributed by atoms with E-state index in [1.807, 2.05) is 58.0 Å². The summed E-state index contributed by atoms with van der Waals surface area (Å²) >= 11 is 1.63. The van der Waals surface area contributed by atoms with Gasteiger partial charge < -0.3 is 14.6 Å². The molecule has 0 spiro atoms. The Morgan fingerprint density at radius 3 is 2.63 bits per heavy atom. The lowest BCUT2D eigenvalue weighted by Gasteiger charge is -2.27. The molecule has 0 amide bonds. The number of anilines is 1. The van der Waals surface area contributed by atoms with Crippen molar-refractivity contribution < 1.29 is 13.8 Å². The largest absolute Gasteiger partial charge is 0.497 e. The molecule has 0 radical (unpaired) electrons. The number of pyridine rings is 1. The number of hydrogen-bond acceptors (Lipinski definition) is 6. The van der Waals surface area contributed by atoms with Crippen molar-refractivity contribution in [1.29, 1.82) is 0 Å². The minimum absolute atomic E-state index is 0.332. The standard InChI is InChI=1S/C22H30N3O3PS/c1-6-24-29(26,28-7-2)20(14-23-19-11-8-15(3)25-16(19)4)22-12-17-9-10-18(27-5)13-21(17)30-22/h8-13,20,23H,6-7,14H2,1-5H3,(H,24,26). The van der Waals surface area contributed by atoms with Crippen molar-refractivity contribution in [2.75, 3.05) is 32.1 Å². The molecule has 3 rings (SSSR count). The van der Waals surface area contributed by atoms with Gasteiger partial charge in [-0.3, -0.25) is 9.55 Å². The Morgan fingerprint density at radius 2 is 1.97 bits per heavy atom. The van der Waals surface area contributed by atoms with E-state index in [1.54, 1.807) is 18.4 Å². The zero-order valence-electron chi connectivity index (χ0n) is 18.2. The van der Waals surface area contributed by atoms with E-state index < -0.39 is 7.52 Å². The third-order valence-electron chi connectivity index (χ3n) is 4.90. The molecule has 0 aliphatic carbocycles. The molecule has 1 aromatic carbocycles. The van der Waals surface area contributed by atoms with Gasteiger partial charge in [0.2, 0.25) is 0 Å². The van der Waals surface area contributed by atoms with Crippen molar-refractivity contribution in [3.8, 4) is 5.75 Å². The van der Waals surface area contributed by atoms with Crippen molar-refractivity contribution in [3.63, 3.8) is 0 Å². The van der Waals surface area contributed by atoms with Crippen molar-refractivity contribution in [1.82, 2.24) is 10.1 Å². The van der Waals surface area contributed by atoms with E-state index in [2.05, 4.69) is 21.5 Å². The highest BCUT2D eigenvalue weighted by Crippen LogP contribution is 2.58. The second kappa shape index (κ2) is 9.92. The minimum Gasteiger partial charge on any atom is -0.497 e. The van der Waals surface area contributed by atoms with Crippen LogP contribution in [0.2, 0.25) is 0 Å². The normalized spacial score (nSPS) is 14.4. The second-order valence-electron chi connectivity index (χ2n) is 7.06. The lowest BCUT2D eigenvalue weighted by Crippen LogP contribution is -2.22. The van der Waals surface area contributed by atoms with Crippen LogP contribution in [0.25, 0.3) is 10.1 Å². The molecule has 30 heavy (non-hydrogen) atoms. The van der Waals surface area contributed by atoms with Crippen molar-refractivity contribution in [2.24, 2.45) is 0 Å².